The number of furan rings is 1. The van der Waals surface area contributed by atoms with E-state index in [4.69, 9.17) is 13.9 Å². The van der Waals surface area contributed by atoms with E-state index in [1.54, 1.807) is 24.3 Å². The van der Waals surface area contributed by atoms with Crippen molar-refractivity contribution >= 4 is 38.4 Å². The Bertz CT molecular complexity index is 1470. The Morgan fingerprint density at radius 3 is 2.74 bits per heavy atom. The molecule has 0 saturated heterocycles. The topological polar surface area (TPSA) is 102 Å². The van der Waals surface area contributed by atoms with Crippen molar-refractivity contribution in [1.82, 2.24) is 4.98 Å². The molecule has 0 saturated carbocycles. The molecule has 0 spiro atoms. The Morgan fingerprint density at radius 1 is 1.20 bits per heavy atom. The van der Waals surface area contributed by atoms with E-state index in [0.717, 1.165) is 15.8 Å². The number of ketones is 1. The number of aliphatic hydroxyl groups is 1. The van der Waals surface area contributed by atoms with Crippen LogP contribution in [0.25, 0.3) is 10.2 Å². The van der Waals surface area contributed by atoms with Gasteiger partial charge >= 0.3 is 0 Å². The molecule has 2 aromatic heterocycles. The summed E-state index contributed by atoms with van der Waals surface area (Å²) >= 11 is 1.31. The van der Waals surface area contributed by atoms with Crippen molar-refractivity contribution in [3.63, 3.8) is 0 Å². The summed E-state index contributed by atoms with van der Waals surface area (Å²) in [5.41, 5.74) is 2.24. The van der Waals surface area contributed by atoms with Crippen LogP contribution in [0.3, 0.4) is 0 Å². The summed E-state index contributed by atoms with van der Waals surface area (Å²) in [4.78, 5) is 32.8. The first-order valence-corrected chi connectivity index (χ1v) is 11.8. The average molecular weight is 491 g/mol. The van der Waals surface area contributed by atoms with Gasteiger partial charge in [-0.05, 0) is 61.4 Å². The molecule has 1 aliphatic rings. The predicted molar refractivity (Wildman–Crippen MR) is 131 cm³/mol. The first-order chi connectivity index (χ1) is 16.9. The quantitative estimate of drug-likeness (QED) is 0.347. The molecule has 2 aromatic carbocycles. The molecule has 0 aliphatic carbocycles. The number of Topliss-reactive ketones (excluding diaryl/α,β-unsaturated/α-hetero) is 1. The molecule has 0 bridgehead atoms. The largest absolute Gasteiger partial charge is 0.503 e. The van der Waals surface area contributed by atoms with Crippen LogP contribution in [0.1, 0.15) is 34.6 Å². The summed E-state index contributed by atoms with van der Waals surface area (Å²) in [6.45, 7) is 4.28. The van der Waals surface area contributed by atoms with Crippen LogP contribution >= 0.6 is 11.3 Å². The summed E-state index contributed by atoms with van der Waals surface area (Å²) in [5, 5.41) is 11.3. The molecule has 4 aromatic rings. The highest BCUT2D eigenvalue weighted by molar-refractivity contribution is 7.22. The van der Waals surface area contributed by atoms with Gasteiger partial charge < -0.3 is 19.0 Å². The fraction of sp³-hybridized carbons (Fsp3) is 0.192. The summed E-state index contributed by atoms with van der Waals surface area (Å²) in [6.07, 6.45) is 1.37. The van der Waals surface area contributed by atoms with Gasteiger partial charge in [-0.3, -0.25) is 14.5 Å². The van der Waals surface area contributed by atoms with Gasteiger partial charge in [0.1, 0.15) is 0 Å². The standard InChI is InChI=1S/C26H22N2O6S/c1-4-33-17-10-8-15(13-19(17)32-3)22-21(23(29)18-6-5-11-34-18)24(30)25(31)28(22)26-27-16-9-7-14(2)12-20(16)35-26/h5-13,22,30H,4H2,1-3H3. The molecule has 1 aliphatic heterocycles. The minimum Gasteiger partial charge on any atom is -0.503 e. The maximum atomic E-state index is 13.4. The number of ether oxygens (including phenoxy) is 2. The second-order valence-electron chi connectivity index (χ2n) is 7.96. The Labute approximate surface area is 205 Å². The Morgan fingerprint density at radius 2 is 2.03 bits per heavy atom. The minimum atomic E-state index is -0.952. The van der Waals surface area contributed by atoms with Gasteiger partial charge in [-0.1, -0.05) is 23.5 Å². The van der Waals surface area contributed by atoms with Crippen LogP contribution in [0.2, 0.25) is 0 Å². The Balaban J connectivity index is 1.69. The van der Waals surface area contributed by atoms with Gasteiger partial charge in [0.25, 0.3) is 5.91 Å². The number of carbonyl (C=O) groups excluding carboxylic acids is 2. The molecule has 3 heterocycles. The fourth-order valence-corrected chi connectivity index (χ4v) is 5.23. The molecular weight excluding hydrogens is 468 g/mol. The van der Waals surface area contributed by atoms with Crippen molar-refractivity contribution in [2.45, 2.75) is 19.9 Å². The van der Waals surface area contributed by atoms with E-state index in [9.17, 15) is 14.7 Å². The van der Waals surface area contributed by atoms with Crippen LogP contribution in [0, 0.1) is 6.92 Å². The lowest BCUT2D eigenvalue weighted by molar-refractivity contribution is -0.117. The number of rotatable bonds is 7. The zero-order chi connectivity index (χ0) is 24.7. The number of methoxy groups -OCH3 is 1. The average Bonchev–Trinajstić information content (AvgIpc) is 3.58. The van der Waals surface area contributed by atoms with Crippen LogP contribution in [0.4, 0.5) is 5.13 Å². The Kier molecular flexibility index (Phi) is 5.78. The number of nitrogens with zero attached hydrogens (tertiary/aromatic N) is 2. The highest BCUT2D eigenvalue weighted by Crippen LogP contribution is 2.45. The second kappa shape index (κ2) is 8.92. The molecule has 1 atom stereocenters. The maximum Gasteiger partial charge on any atom is 0.296 e. The first kappa shape index (κ1) is 22.7. The van der Waals surface area contributed by atoms with E-state index in [0.29, 0.717) is 28.8 Å². The molecule has 1 amide bonds. The fourth-order valence-electron chi connectivity index (χ4n) is 4.14. The minimum absolute atomic E-state index is 0.0176. The molecule has 178 valence electrons. The number of carbonyl (C=O) groups is 2. The lowest BCUT2D eigenvalue weighted by Gasteiger charge is -2.25. The van der Waals surface area contributed by atoms with Crippen molar-refractivity contribution in [1.29, 1.82) is 0 Å². The molecule has 9 heteroatoms. The van der Waals surface area contributed by atoms with E-state index in [1.807, 2.05) is 32.0 Å². The van der Waals surface area contributed by atoms with E-state index < -0.39 is 23.5 Å². The number of aliphatic hydroxyl groups excluding tert-OH is 1. The van der Waals surface area contributed by atoms with Gasteiger partial charge in [0.2, 0.25) is 5.78 Å². The maximum absolute atomic E-state index is 13.4. The number of fused-ring (bicyclic) bond motifs is 1. The third-order valence-corrected chi connectivity index (χ3v) is 6.76. The van der Waals surface area contributed by atoms with Gasteiger partial charge in [0.05, 0.1) is 41.8 Å². The van der Waals surface area contributed by atoms with Crippen molar-refractivity contribution in [2.75, 3.05) is 18.6 Å². The number of hydrogen-bond donors (Lipinski definition) is 1. The molecule has 35 heavy (non-hydrogen) atoms. The number of anilines is 1. The molecular formula is C26H22N2O6S. The van der Waals surface area contributed by atoms with E-state index in [-0.39, 0.29) is 11.3 Å². The summed E-state index contributed by atoms with van der Waals surface area (Å²) < 4.78 is 17.3. The summed E-state index contributed by atoms with van der Waals surface area (Å²) in [7, 11) is 1.51. The monoisotopic (exact) mass is 490 g/mol. The number of aryl methyl sites for hydroxylation is 1. The van der Waals surface area contributed by atoms with Crippen LogP contribution in [-0.2, 0) is 4.79 Å². The number of amides is 1. The van der Waals surface area contributed by atoms with Crippen molar-refractivity contribution < 1.29 is 28.6 Å². The SMILES string of the molecule is CCOc1ccc(C2C(C(=O)c3ccco3)=C(O)C(=O)N2c2nc3ccc(C)cc3s2)cc1OC. The van der Waals surface area contributed by atoms with Crippen molar-refractivity contribution in [3.05, 3.63) is 83.0 Å². The summed E-state index contributed by atoms with van der Waals surface area (Å²) in [5.74, 6) is -0.958. The Hall–Kier alpha value is -4.11. The third kappa shape index (κ3) is 3.83. The zero-order valence-corrected chi connectivity index (χ0v) is 20.1. The lowest BCUT2D eigenvalue weighted by Crippen LogP contribution is -2.31. The van der Waals surface area contributed by atoms with E-state index >= 15 is 0 Å². The highest BCUT2D eigenvalue weighted by Gasteiger charge is 2.46. The smallest absolute Gasteiger partial charge is 0.296 e. The van der Waals surface area contributed by atoms with Gasteiger partial charge in [0.15, 0.2) is 28.1 Å². The normalized spacial score (nSPS) is 15.8. The van der Waals surface area contributed by atoms with Crippen LogP contribution in [0.15, 0.2) is 70.5 Å². The zero-order valence-electron chi connectivity index (χ0n) is 19.3. The first-order valence-electron chi connectivity index (χ1n) is 11.0. The molecule has 8 nitrogen and oxygen atoms in total. The second-order valence-corrected chi connectivity index (χ2v) is 8.97. The van der Waals surface area contributed by atoms with Gasteiger partial charge in [-0.15, -0.1) is 0 Å². The van der Waals surface area contributed by atoms with Crippen molar-refractivity contribution in [3.8, 4) is 11.5 Å². The molecule has 0 radical (unpaired) electrons. The van der Waals surface area contributed by atoms with Gasteiger partial charge in [-0.2, -0.15) is 0 Å². The number of thiazole rings is 1. The molecule has 0 fully saturated rings. The van der Waals surface area contributed by atoms with Crippen molar-refractivity contribution in [2.24, 2.45) is 0 Å². The number of benzene rings is 2. The van der Waals surface area contributed by atoms with Crippen LogP contribution in [-0.4, -0.2) is 35.5 Å². The van der Waals surface area contributed by atoms with E-state index in [2.05, 4.69) is 4.98 Å². The van der Waals surface area contributed by atoms with Crippen LogP contribution < -0.4 is 14.4 Å². The van der Waals surface area contributed by atoms with Gasteiger partial charge in [0, 0.05) is 0 Å². The summed E-state index contributed by atoms with van der Waals surface area (Å²) in [6, 6.07) is 13.1. The predicted octanol–water partition coefficient (Wildman–Crippen LogP) is 5.39. The lowest BCUT2D eigenvalue weighted by atomic mass is 9.95. The molecule has 5 rings (SSSR count). The molecule has 1 N–H and O–H groups in total. The highest BCUT2D eigenvalue weighted by atomic mass is 32.1. The third-order valence-electron chi connectivity index (χ3n) is 5.74. The number of aromatic nitrogens is 1. The number of hydrogen-bond acceptors (Lipinski definition) is 8. The van der Waals surface area contributed by atoms with Crippen LogP contribution in [0.5, 0.6) is 11.5 Å². The van der Waals surface area contributed by atoms with E-state index in [1.165, 1.54) is 35.7 Å². The molecule has 1 unspecified atom stereocenters. The van der Waals surface area contributed by atoms with Gasteiger partial charge in [-0.25, -0.2) is 4.98 Å².